The fourth-order valence-corrected chi connectivity index (χ4v) is 2.54. The molecule has 0 N–H and O–H groups in total. The first-order chi connectivity index (χ1) is 11.8. The highest BCUT2D eigenvalue weighted by Gasteiger charge is 2.22. The molecule has 0 aliphatic carbocycles. The molecule has 0 radical (unpaired) electrons. The van der Waals surface area contributed by atoms with Crippen LogP contribution in [0.1, 0.15) is 50.5 Å². The number of rotatable bonds is 6. The largest absolute Gasteiger partial charge is 0.493 e. The Morgan fingerprint density at radius 3 is 2.20 bits per heavy atom. The van der Waals surface area contributed by atoms with Gasteiger partial charge in [0, 0.05) is 11.1 Å². The topological polar surface area (TPSA) is 44.8 Å². The molecule has 4 nitrogen and oxygen atoms in total. The smallest absolute Gasteiger partial charge is 0.204 e. The van der Waals surface area contributed by atoms with Crippen LogP contribution in [0, 0.1) is 0 Å². The molecule has 0 heterocycles. The number of carbonyl (C=O) groups is 1. The number of hydrogen-bond donors (Lipinski definition) is 0. The second-order valence-electron chi connectivity index (χ2n) is 7.18. The van der Waals surface area contributed by atoms with Crippen LogP contribution in [0.2, 0.25) is 0 Å². The highest BCUT2D eigenvalue weighted by molar-refractivity contribution is 5.78. The molecule has 0 saturated heterocycles. The van der Waals surface area contributed by atoms with Gasteiger partial charge in [0.2, 0.25) is 5.75 Å². The molecule has 0 aromatic heterocycles. The van der Waals surface area contributed by atoms with Crippen molar-refractivity contribution in [2.24, 2.45) is 0 Å². The van der Waals surface area contributed by atoms with E-state index in [2.05, 4.69) is 20.8 Å². The van der Waals surface area contributed by atoms with Crippen LogP contribution in [0.4, 0.5) is 0 Å². The molecule has 0 aliphatic heterocycles. The molecule has 0 bridgehead atoms. The lowest BCUT2D eigenvalue weighted by molar-refractivity contribution is 0.112. The molecule has 2 aromatic rings. The molecule has 25 heavy (non-hydrogen) atoms. The highest BCUT2D eigenvalue weighted by atomic mass is 16.5. The Labute approximate surface area is 149 Å². The standard InChI is InChI=1S/C21H26O4/c1-14(2)24-20-18(23-6)11-15(13-22)12-19(20)25-17-10-8-7-9-16(17)21(3,4)5/h7-14H,1-6H3. The van der Waals surface area contributed by atoms with Crippen LogP contribution in [0.3, 0.4) is 0 Å². The molecule has 0 atom stereocenters. The van der Waals surface area contributed by atoms with Crippen molar-refractivity contribution >= 4 is 6.29 Å². The average molecular weight is 342 g/mol. The van der Waals surface area contributed by atoms with Crippen molar-refractivity contribution in [1.29, 1.82) is 0 Å². The van der Waals surface area contributed by atoms with Crippen LogP contribution in [0.5, 0.6) is 23.0 Å². The van der Waals surface area contributed by atoms with E-state index in [-0.39, 0.29) is 11.5 Å². The summed E-state index contributed by atoms with van der Waals surface area (Å²) in [6.45, 7) is 10.2. The predicted octanol–water partition coefficient (Wildman–Crippen LogP) is 5.38. The van der Waals surface area contributed by atoms with E-state index in [0.717, 1.165) is 17.6 Å². The Kier molecular flexibility index (Phi) is 5.73. The number of aldehydes is 1. The molecule has 2 rings (SSSR count). The summed E-state index contributed by atoms with van der Waals surface area (Å²) in [6.07, 6.45) is 0.709. The Morgan fingerprint density at radius 1 is 1.00 bits per heavy atom. The fourth-order valence-electron chi connectivity index (χ4n) is 2.54. The molecular weight excluding hydrogens is 316 g/mol. The van der Waals surface area contributed by atoms with Gasteiger partial charge in [-0.2, -0.15) is 0 Å². The van der Waals surface area contributed by atoms with Gasteiger partial charge in [0.25, 0.3) is 0 Å². The van der Waals surface area contributed by atoms with Gasteiger partial charge in [-0.15, -0.1) is 0 Å². The predicted molar refractivity (Wildman–Crippen MR) is 99.4 cm³/mol. The number of carbonyl (C=O) groups excluding carboxylic acids is 1. The van der Waals surface area contributed by atoms with Crippen molar-refractivity contribution in [1.82, 2.24) is 0 Å². The lowest BCUT2D eigenvalue weighted by Crippen LogP contribution is -2.13. The first-order valence-electron chi connectivity index (χ1n) is 8.37. The first kappa shape index (κ1) is 18.8. The van der Waals surface area contributed by atoms with Crippen molar-refractivity contribution in [2.45, 2.75) is 46.1 Å². The van der Waals surface area contributed by atoms with Gasteiger partial charge in [-0.1, -0.05) is 39.0 Å². The van der Waals surface area contributed by atoms with E-state index < -0.39 is 0 Å². The molecule has 0 aliphatic rings. The summed E-state index contributed by atoms with van der Waals surface area (Å²) in [6, 6.07) is 11.2. The second kappa shape index (κ2) is 7.60. The third kappa shape index (κ3) is 4.53. The van der Waals surface area contributed by atoms with E-state index in [1.807, 2.05) is 38.1 Å². The van der Waals surface area contributed by atoms with Crippen molar-refractivity contribution in [3.05, 3.63) is 47.5 Å². The molecule has 4 heteroatoms. The van der Waals surface area contributed by atoms with E-state index in [1.165, 1.54) is 0 Å². The molecule has 2 aromatic carbocycles. The number of ether oxygens (including phenoxy) is 3. The summed E-state index contributed by atoms with van der Waals surface area (Å²) in [4.78, 5) is 11.3. The quantitative estimate of drug-likeness (QED) is 0.661. The van der Waals surface area contributed by atoms with E-state index in [4.69, 9.17) is 14.2 Å². The maximum Gasteiger partial charge on any atom is 0.204 e. The third-order valence-electron chi connectivity index (χ3n) is 3.67. The van der Waals surface area contributed by atoms with Gasteiger partial charge in [0.15, 0.2) is 11.5 Å². The van der Waals surface area contributed by atoms with Crippen molar-refractivity contribution in [3.8, 4) is 23.0 Å². The molecule has 134 valence electrons. The molecule has 0 saturated carbocycles. The normalized spacial score (nSPS) is 11.3. The summed E-state index contributed by atoms with van der Waals surface area (Å²) in [5.74, 6) is 2.16. The van der Waals surface area contributed by atoms with Gasteiger partial charge in [-0.05, 0) is 37.5 Å². The minimum Gasteiger partial charge on any atom is -0.493 e. The summed E-state index contributed by atoms with van der Waals surface area (Å²) in [5.41, 5.74) is 1.46. The van der Waals surface area contributed by atoms with E-state index in [9.17, 15) is 4.79 Å². The molecular formula is C21H26O4. The van der Waals surface area contributed by atoms with Gasteiger partial charge in [-0.25, -0.2) is 0 Å². The van der Waals surface area contributed by atoms with Crippen LogP contribution in [-0.2, 0) is 5.41 Å². The van der Waals surface area contributed by atoms with Crippen molar-refractivity contribution < 1.29 is 19.0 Å². The zero-order chi connectivity index (χ0) is 18.6. The Balaban J connectivity index is 2.57. The zero-order valence-corrected chi connectivity index (χ0v) is 15.8. The fraction of sp³-hybridized carbons (Fsp3) is 0.381. The number of methoxy groups -OCH3 is 1. The van der Waals surface area contributed by atoms with Crippen LogP contribution >= 0.6 is 0 Å². The van der Waals surface area contributed by atoms with Crippen LogP contribution in [-0.4, -0.2) is 19.5 Å². The SMILES string of the molecule is COc1cc(C=O)cc(Oc2ccccc2C(C)(C)C)c1OC(C)C. The summed E-state index contributed by atoms with van der Waals surface area (Å²) in [7, 11) is 1.55. The first-order valence-corrected chi connectivity index (χ1v) is 8.37. The summed E-state index contributed by atoms with van der Waals surface area (Å²) < 4.78 is 17.5. The Hall–Kier alpha value is -2.49. The molecule has 0 unspecified atom stereocenters. The Morgan fingerprint density at radius 2 is 1.64 bits per heavy atom. The van der Waals surface area contributed by atoms with E-state index in [1.54, 1.807) is 19.2 Å². The maximum absolute atomic E-state index is 11.3. The number of benzene rings is 2. The van der Waals surface area contributed by atoms with Gasteiger partial charge in [0.05, 0.1) is 13.2 Å². The maximum atomic E-state index is 11.3. The average Bonchev–Trinajstić information content (AvgIpc) is 2.55. The van der Waals surface area contributed by atoms with Crippen molar-refractivity contribution in [2.75, 3.05) is 7.11 Å². The summed E-state index contributed by atoms with van der Waals surface area (Å²) in [5, 5.41) is 0. The lowest BCUT2D eigenvalue weighted by atomic mass is 9.86. The lowest BCUT2D eigenvalue weighted by Gasteiger charge is -2.24. The summed E-state index contributed by atoms with van der Waals surface area (Å²) >= 11 is 0. The third-order valence-corrected chi connectivity index (χ3v) is 3.67. The zero-order valence-electron chi connectivity index (χ0n) is 15.8. The number of para-hydroxylation sites is 1. The van der Waals surface area contributed by atoms with Gasteiger partial charge < -0.3 is 14.2 Å². The minimum absolute atomic E-state index is 0.0591. The van der Waals surface area contributed by atoms with Crippen LogP contribution in [0.25, 0.3) is 0 Å². The molecule has 0 spiro atoms. The minimum atomic E-state index is -0.0813. The Bertz CT molecular complexity index is 742. The van der Waals surface area contributed by atoms with Gasteiger partial charge in [0.1, 0.15) is 12.0 Å². The van der Waals surface area contributed by atoms with E-state index in [0.29, 0.717) is 22.8 Å². The van der Waals surface area contributed by atoms with Gasteiger partial charge in [-0.3, -0.25) is 4.79 Å². The molecule has 0 amide bonds. The highest BCUT2D eigenvalue weighted by Crippen LogP contribution is 2.43. The number of hydrogen-bond acceptors (Lipinski definition) is 4. The molecule has 0 fully saturated rings. The van der Waals surface area contributed by atoms with Crippen molar-refractivity contribution in [3.63, 3.8) is 0 Å². The van der Waals surface area contributed by atoms with Crippen LogP contribution < -0.4 is 14.2 Å². The monoisotopic (exact) mass is 342 g/mol. The van der Waals surface area contributed by atoms with E-state index >= 15 is 0 Å². The second-order valence-corrected chi connectivity index (χ2v) is 7.18. The van der Waals surface area contributed by atoms with Gasteiger partial charge >= 0.3 is 0 Å². The van der Waals surface area contributed by atoms with Crippen LogP contribution in [0.15, 0.2) is 36.4 Å².